The van der Waals surface area contributed by atoms with Gasteiger partial charge in [0, 0.05) is 5.92 Å². The van der Waals surface area contributed by atoms with E-state index in [0.29, 0.717) is 6.42 Å². The second-order valence-corrected chi connectivity index (χ2v) is 6.54. The highest BCUT2D eigenvalue weighted by molar-refractivity contribution is 6.02. The number of carbonyl (C=O) groups is 1. The number of nitrogens with zero attached hydrogens (tertiary/aromatic N) is 3. The molecule has 0 fully saturated rings. The lowest BCUT2D eigenvalue weighted by Gasteiger charge is -2.31. The molecule has 0 bridgehead atoms. The van der Waals surface area contributed by atoms with Crippen LogP contribution < -0.4 is 0 Å². The molecule has 0 saturated heterocycles. The highest BCUT2D eigenvalue weighted by atomic mass is 16.6. The molecule has 4 rings (SSSR count). The molecule has 0 aliphatic heterocycles. The molecule has 1 aromatic heterocycles. The third kappa shape index (κ3) is 3.29. The van der Waals surface area contributed by atoms with E-state index in [-0.39, 0.29) is 17.5 Å². The maximum atomic E-state index is 13.0. The number of imidazole rings is 1. The van der Waals surface area contributed by atoms with E-state index in [0.717, 1.165) is 16.7 Å². The maximum absolute atomic E-state index is 13.0. The van der Waals surface area contributed by atoms with Crippen LogP contribution in [-0.4, -0.2) is 20.3 Å². The number of ketones is 1. The Balaban J connectivity index is 1.79. The Bertz CT molecular complexity index is 1010. The number of allylic oxidation sites excluding steroid dienone is 2. The molecule has 0 spiro atoms. The van der Waals surface area contributed by atoms with Crippen LogP contribution >= 0.6 is 0 Å². The normalized spacial score (nSPS) is 19.6. The SMILES string of the molecule is O=C1C=C(c2ccccc2)C[C@H](c2ccccc2)[C@H]1n1cnc([N+](=O)[O-])c1. The average molecular weight is 359 g/mol. The predicted octanol–water partition coefficient (Wildman–Crippen LogP) is 4.17. The fourth-order valence-corrected chi connectivity index (χ4v) is 3.64. The van der Waals surface area contributed by atoms with Crippen LogP contribution in [-0.2, 0) is 4.79 Å². The number of hydrogen-bond acceptors (Lipinski definition) is 4. The lowest BCUT2D eigenvalue weighted by Crippen LogP contribution is -2.28. The summed E-state index contributed by atoms with van der Waals surface area (Å²) in [6.45, 7) is 0. The smallest absolute Gasteiger partial charge is 0.358 e. The lowest BCUT2D eigenvalue weighted by atomic mass is 9.77. The van der Waals surface area contributed by atoms with E-state index in [4.69, 9.17) is 0 Å². The standard InChI is InChI=1S/C21H17N3O3/c25-19-12-17(15-7-3-1-4-8-15)11-18(16-9-5-2-6-10-16)21(19)23-13-20(22-14-23)24(26)27/h1-10,12-14,18,21H,11H2/t18-,21-/m1/s1. The molecular formula is C21H17N3O3. The number of hydrogen-bond donors (Lipinski definition) is 0. The van der Waals surface area contributed by atoms with Gasteiger partial charge in [-0.25, -0.2) is 0 Å². The van der Waals surface area contributed by atoms with Crippen LogP contribution in [0.3, 0.4) is 0 Å². The molecule has 6 nitrogen and oxygen atoms in total. The number of rotatable bonds is 4. The van der Waals surface area contributed by atoms with Gasteiger partial charge in [0.1, 0.15) is 12.2 Å². The van der Waals surface area contributed by atoms with Gasteiger partial charge in [0.2, 0.25) is 6.33 Å². The van der Waals surface area contributed by atoms with Gasteiger partial charge in [-0.05, 0) is 39.1 Å². The molecule has 0 radical (unpaired) electrons. The van der Waals surface area contributed by atoms with Crippen LogP contribution in [0.4, 0.5) is 5.82 Å². The minimum Gasteiger partial charge on any atom is -0.358 e. The summed E-state index contributed by atoms with van der Waals surface area (Å²) in [5.41, 5.74) is 3.01. The first-order valence-corrected chi connectivity index (χ1v) is 8.66. The zero-order valence-electron chi connectivity index (χ0n) is 14.4. The summed E-state index contributed by atoms with van der Waals surface area (Å²) in [6.07, 6.45) is 5.03. The first-order chi connectivity index (χ1) is 13.1. The highest BCUT2D eigenvalue weighted by Gasteiger charge is 2.36. The van der Waals surface area contributed by atoms with Crippen molar-refractivity contribution in [1.29, 1.82) is 0 Å². The molecule has 2 atom stereocenters. The largest absolute Gasteiger partial charge is 0.381 e. The number of benzene rings is 2. The van der Waals surface area contributed by atoms with Crippen LogP contribution in [0.5, 0.6) is 0 Å². The van der Waals surface area contributed by atoms with Gasteiger partial charge in [-0.1, -0.05) is 60.7 Å². The van der Waals surface area contributed by atoms with Gasteiger partial charge >= 0.3 is 5.82 Å². The van der Waals surface area contributed by atoms with Crippen LogP contribution in [0.15, 0.2) is 79.3 Å². The van der Waals surface area contributed by atoms with E-state index in [1.54, 1.807) is 10.6 Å². The summed E-state index contributed by atoms with van der Waals surface area (Å²) in [4.78, 5) is 27.3. The number of aromatic nitrogens is 2. The minimum absolute atomic E-state index is 0.0822. The zero-order valence-corrected chi connectivity index (χ0v) is 14.4. The minimum atomic E-state index is -0.555. The molecule has 1 heterocycles. The molecule has 0 N–H and O–H groups in total. The summed E-state index contributed by atoms with van der Waals surface area (Å²) in [7, 11) is 0. The van der Waals surface area contributed by atoms with Crippen molar-refractivity contribution in [2.24, 2.45) is 0 Å². The average Bonchev–Trinajstić information content (AvgIpc) is 3.19. The van der Waals surface area contributed by atoms with Gasteiger partial charge in [0.15, 0.2) is 5.78 Å². The molecule has 0 saturated carbocycles. The molecule has 1 aliphatic carbocycles. The van der Waals surface area contributed by atoms with Crippen molar-refractivity contribution in [3.8, 4) is 0 Å². The highest BCUT2D eigenvalue weighted by Crippen LogP contribution is 2.42. The maximum Gasteiger partial charge on any atom is 0.381 e. The summed E-state index contributed by atoms with van der Waals surface area (Å²) >= 11 is 0. The molecule has 0 amide bonds. The van der Waals surface area contributed by atoms with Crippen LogP contribution in [0.1, 0.15) is 29.5 Å². The second kappa shape index (κ2) is 6.99. The molecule has 1 aliphatic rings. The van der Waals surface area contributed by atoms with Crippen LogP contribution in [0, 0.1) is 10.1 Å². The summed E-state index contributed by atoms with van der Waals surface area (Å²) in [5.74, 6) is -0.471. The lowest BCUT2D eigenvalue weighted by molar-refractivity contribution is -0.389. The Kier molecular flexibility index (Phi) is 4.38. The Labute approximate surface area is 155 Å². The van der Waals surface area contributed by atoms with Crippen LogP contribution in [0.25, 0.3) is 5.57 Å². The van der Waals surface area contributed by atoms with Crippen molar-refractivity contribution in [2.75, 3.05) is 0 Å². The van der Waals surface area contributed by atoms with Crippen molar-refractivity contribution >= 4 is 17.2 Å². The first-order valence-electron chi connectivity index (χ1n) is 8.66. The molecule has 134 valence electrons. The Morgan fingerprint density at radius 1 is 1.04 bits per heavy atom. The van der Waals surface area contributed by atoms with Gasteiger partial charge in [0.05, 0.1) is 0 Å². The van der Waals surface area contributed by atoms with Gasteiger partial charge in [-0.2, -0.15) is 0 Å². The summed E-state index contributed by atoms with van der Waals surface area (Å²) in [5, 5.41) is 11.0. The molecule has 27 heavy (non-hydrogen) atoms. The van der Waals surface area contributed by atoms with E-state index < -0.39 is 11.0 Å². The monoisotopic (exact) mass is 359 g/mol. The number of carbonyl (C=O) groups excluding carboxylic acids is 1. The van der Waals surface area contributed by atoms with Crippen molar-refractivity contribution in [1.82, 2.24) is 9.55 Å². The third-order valence-corrected chi connectivity index (χ3v) is 4.90. The Morgan fingerprint density at radius 3 is 2.33 bits per heavy atom. The van der Waals surface area contributed by atoms with Crippen molar-refractivity contribution < 1.29 is 9.72 Å². The fourth-order valence-electron chi connectivity index (χ4n) is 3.64. The molecule has 2 aromatic carbocycles. The Hall–Kier alpha value is -3.54. The molecular weight excluding hydrogens is 342 g/mol. The summed E-state index contributed by atoms with van der Waals surface area (Å²) in [6, 6.07) is 19.0. The molecule has 3 aromatic rings. The molecule has 6 heteroatoms. The summed E-state index contributed by atoms with van der Waals surface area (Å²) < 4.78 is 1.57. The van der Waals surface area contributed by atoms with E-state index in [1.165, 1.54) is 12.5 Å². The molecule has 0 unspecified atom stereocenters. The van der Waals surface area contributed by atoms with Crippen LogP contribution in [0.2, 0.25) is 0 Å². The third-order valence-electron chi connectivity index (χ3n) is 4.90. The van der Waals surface area contributed by atoms with Crippen molar-refractivity contribution in [3.63, 3.8) is 0 Å². The van der Waals surface area contributed by atoms with Gasteiger partial charge < -0.3 is 10.1 Å². The number of nitro groups is 1. The van der Waals surface area contributed by atoms with E-state index in [9.17, 15) is 14.9 Å². The van der Waals surface area contributed by atoms with Gasteiger partial charge in [0.25, 0.3) is 0 Å². The van der Waals surface area contributed by atoms with Crippen molar-refractivity contribution in [3.05, 3.63) is 101 Å². The quantitative estimate of drug-likeness (QED) is 0.517. The topological polar surface area (TPSA) is 78.0 Å². The zero-order chi connectivity index (χ0) is 18.8. The van der Waals surface area contributed by atoms with E-state index >= 15 is 0 Å². The first kappa shape index (κ1) is 16.9. The Morgan fingerprint density at radius 2 is 1.70 bits per heavy atom. The van der Waals surface area contributed by atoms with Crippen molar-refractivity contribution in [2.45, 2.75) is 18.4 Å². The van der Waals surface area contributed by atoms with E-state index in [2.05, 4.69) is 4.98 Å². The van der Waals surface area contributed by atoms with Gasteiger partial charge in [-0.3, -0.25) is 9.36 Å². The second-order valence-electron chi connectivity index (χ2n) is 6.54. The van der Waals surface area contributed by atoms with Gasteiger partial charge in [-0.15, -0.1) is 0 Å². The fraction of sp³-hybridized carbons (Fsp3) is 0.143. The van der Waals surface area contributed by atoms with E-state index in [1.807, 2.05) is 60.7 Å². The predicted molar refractivity (Wildman–Crippen MR) is 101 cm³/mol.